The smallest absolute Gasteiger partial charge is 0.253 e. The molecule has 3 rings (SSSR count). The molecule has 4 heteroatoms. The summed E-state index contributed by atoms with van der Waals surface area (Å²) >= 11 is 0. The minimum atomic E-state index is -0.159. The van der Waals surface area contributed by atoms with E-state index in [2.05, 4.69) is 0 Å². The van der Waals surface area contributed by atoms with Gasteiger partial charge in [-0.15, -0.1) is 0 Å². The second-order valence-electron chi connectivity index (χ2n) is 5.55. The highest BCUT2D eigenvalue weighted by Crippen LogP contribution is 2.31. The second kappa shape index (κ2) is 6.10. The predicted octanol–water partition coefficient (Wildman–Crippen LogP) is 2.91. The molecule has 1 aliphatic heterocycles. The van der Waals surface area contributed by atoms with Gasteiger partial charge >= 0.3 is 0 Å². The number of rotatable bonds is 3. The normalized spacial score (nSPS) is 16.2. The molecule has 0 aromatic heterocycles. The summed E-state index contributed by atoms with van der Waals surface area (Å²) in [5.41, 5.74) is 1.77. The summed E-state index contributed by atoms with van der Waals surface area (Å²) in [6, 6.07) is 15.2. The maximum absolute atomic E-state index is 12.4. The number of amides is 1. The van der Waals surface area contributed by atoms with Gasteiger partial charge in [-0.3, -0.25) is 4.79 Å². The number of fused-ring (bicyclic) bond motifs is 1. The van der Waals surface area contributed by atoms with Gasteiger partial charge in [-0.25, -0.2) is 0 Å². The van der Waals surface area contributed by atoms with Crippen molar-refractivity contribution in [2.45, 2.75) is 13.0 Å². The minimum Gasteiger partial charge on any atom is -0.486 e. The summed E-state index contributed by atoms with van der Waals surface area (Å²) in [5, 5.41) is 0. The molecule has 0 fully saturated rings. The van der Waals surface area contributed by atoms with Crippen molar-refractivity contribution >= 4 is 5.91 Å². The van der Waals surface area contributed by atoms with Crippen molar-refractivity contribution in [1.29, 1.82) is 0 Å². The first kappa shape index (κ1) is 14.4. The van der Waals surface area contributed by atoms with Gasteiger partial charge in [0.1, 0.15) is 6.61 Å². The molecule has 0 N–H and O–H groups in total. The number of hydrogen-bond acceptors (Lipinski definition) is 3. The third kappa shape index (κ3) is 3.06. The van der Waals surface area contributed by atoms with Crippen LogP contribution in [0.5, 0.6) is 11.5 Å². The van der Waals surface area contributed by atoms with E-state index < -0.39 is 0 Å². The lowest BCUT2D eigenvalue weighted by molar-refractivity contribution is 0.0521. The van der Waals surface area contributed by atoms with Crippen LogP contribution in [0.25, 0.3) is 0 Å². The molecule has 2 aromatic rings. The maximum Gasteiger partial charge on any atom is 0.253 e. The quantitative estimate of drug-likeness (QED) is 0.874. The monoisotopic (exact) mass is 297 g/mol. The largest absolute Gasteiger partial charge is 0.486 e. The lowest BCUT2D eigenvalue weighted by Gasteiger charge is -2.29. The van der Waals surface area contributed by atoms with Crippen LogP contribution in [0, 0.1) is 6.92 Å². The van der Waals surface area contributed by atoms with Crippen LogP contribution >= 0.6 is 0 Å². The molecule has 0 saturated heterocycles. The first-order valence-electron chi connectivity index (χ1n) is 7.34. The fourth-order valence-electron chi connectivity index (χ4n) is 2.54. The van der Waals surface area contributed by atoms with Gasteiger partial charge in [-0.1, -0.05) is 29.8 Å². The summed E-state index contributed by atoms with van der Waals surface area (Å²) in [6.07, 6.45) is -0.159. The summed E-state index contributed by atoms with van der Waals surface area (Å²) in [6.45, 7) is 2.91. The lowest BCUT2D eigenvalue weighted by Crippen LogP contribution is -2.41. The molecule has 0 aliphatic carbocycles. The molecule has 4 nitrogen and oxygen atoms in total. The van der Waals surface area contributed by atoms with Gasteiger partial charge in [-0.2, -0.15) is 0 Å². The first-order chi connectivity index (χ1) is 10.6. The van der Waals surface area contributed by atoms with Gasteiger partial charge in [0.15, 0.2) is 17.6 Å². The van der Waals surface area contributed by atoms with Gasteiger partial charge in [-0.05, 0) is 31.2 Å². The Kier molecular flexibility index (Phi) is 4.00. The molecule has 0 bridgehead atoms. The number of benzene rings is 2. The molecule has 114 valence electrons. The Labute approximate surface area is 130 Å². The van der Waals surface area contributed by atoms with Crippen molar-refractivity contribution in [3.63, 3.8) is 0 Å². The van der Waals surface area contributed by atoms with Crippen molar-refractivity contribution in [3.05, 3.63) is 59.7 Å². The molecule has 1 unspecified atom stereocenters. The average Bonchev–Trinajstić information content (AvgIpc) is 2.54. The Hall–Kier alpha value is -2.49. The Morgan fingerprint density at radius 3 is 2.73 bits per heavy atom. The summed E-state index contributed by atoms with van der Waals surface area (Å²) in [5.74, 6) is 1.48. The predicted molar refractivity (Wildman–Crippen MR) is 84.5 cm³/mol. The van der Waals surface area contributed by atoms with Crippen molar-refractivity contribution < 1.29 is 14.3 Å². The number of carbonyl (C=O) groups is 1. The number of aryl methyl sites for hydroxylation is 1. The highest BCUT2D eigenvalue weighted by molar-refractivity contribution is 5.94. The molecule has 0 spiro atoms. The number of hydrogen-bond donors (Lipinski definition) is 0. The fraction of sp³-hybridized carbons (Fsp3) is 0.278. The third-order valence-electron chi connectivity index (χ3n) is 3.66. The minimum absolute atomic E-state index is 0.00819. The number of para-hydroxylation sites is 2. The van der Waals surface area contributed by atoms with E-state index in [-0.39, 0.29) is 12.0 Å². The van der Waals surface area contributed by atoms with Gasteiger partial charge in [0.2, 0.25) is 0 Å². The van der Waals surface area contributed by atoms with Crippen LogP contribution in [0.2, 0.25) is 0 Å². The summed E-state index contributed by atoms with van der Waals surface area (Å²) in [7, 11) is 1.79. The van der Waals surface area contributed by atoms with Crippen LogP contribution in [0.1, 0.15) is 15.9 Å². The van der Waals surface area contributed by atoms with Gasteiger partial charge < -0.3 is 14.4 Å². The standard InChI is InChI=1S/C18H19NO3/c1-13-6-5-7-14(10-13)18(20)19(2)11-15-12-21-16-8-3-4-9-17(16)22-15/h3-10,15H,11-12H2,1-2H3. The second-order valence-corrected chi connectivity index (χ2v) is 5.55. The molecule has 0 radical (unpaired) electrons. The van der Waals surface area contributed by atoms with Crippen LogP contribution in [0.3, 0.4) is 0 Å². The molecular weight excluding hydrogens is 278 g/mol. The Balaban J connectivity index is 1.65. The highest BCUT2D eigenvalue weighted by Gasteiger charge is 2.24. The van der Waals surface area contributed by atoms with Crippen LogP contribution in [0.4, 0.5) is 0 Å². The Bertz CT molecular complexity index is 684. The van der Waals surface area contributed by atoms with E-state index >= 15 is 0 Å². The zero-order chi connectivity index (χ0) is 15.5. The molecule has 22 heavy (non-hydrogen) atoms. The summed E-state index contributed by atoms with van der Waals surface area (Å²) in [4.78, 5) is 14.1. The van der Waals surface area contributed by atoms with Crippen molar-refractivity contribution in [2.24, 2.45) is 0 Å². The lowest BCUT2D eigenvalue weighted by atomic mass is 10.1. The molecule has 1 atom stereocenters. The number of carbonyl (C=O) groups excluding carboxylic acids is 1. The van der Waals surface area contributed by atoms with E-state index in [4.69, 9.17) is 9.47 Å². The number of ether oxygens (including phenoxy) is 2. The molecule has 0 saturated carbocycles. The van der Waals surface area contributed by atoms with E-state index in [1.165, 1.54) is 0 Å². The number of likely N-dealkylation sites (N-methyl/N-ethyl adjacent to an activating group) is 1. The van der Waals surface area contributed by atoms with Crippen LogP contribution in [0.15, 0.2) is 48.5 Å². The number of nitrogens with zero attached hydrogens (tertiary/aromatic N) is 1. The van der Waals surface area contributed by atoms with Crippen molar-refractivity contribution in [1.82, 2.24) is 4.90 Å². The van der Waals surface area contributed by atoms with Crippen molar-refractivity contribution in [3.8, 4) is 11.5 Å². The Morgan fingerprint density at radius 1 is 1.18 bits per heavy atom. The van der Waals surface area contributed by atoms with Crippen LogP contribution in [-0.2, 0) is 0 Å². The Morgan fingerprint density at radius 2 is 1.95 bits per heavy atom. The van der Waals surface area contributed by atoms with E-state index in [1.54, 1.807) is 11.9 Å². The van der Waals surface area contributed by atoms with Crippen molar-refractivity contribution in [2.75, 3.05) is 20.2 Å². The average molecular weight is 297 g/mol. The third-order valence-corrected chi connectivity index (χ3v) is 3.66. The maximum atomic E-state index is 12.4. The first-order valence-corrected chi connectivity index (χ1v) is 7.34. The fourth-order valence-corrected chi connectivity index (χ4v) is 2.54. The van der Waals surface area contributed by atoms with Gasteiger partial charge in [0, 0.05) is 12.6 Å². The molecule has 1 amide bonds. The molecular formula is C18H19NO3. The molecule has 2 aromatic carbocycles. The molecule has 1 aliphatic rings. The molecule has 1 heterocycles. The zero-order valence-corrected chi connectivity index (χ0v) is 12.8. The summed E-state index contributed by atoms with van der Waals surface area (Å²) < 4.78 is 11.6. The highest BCUT2D eigenvalue weighted by atomic mass is 16.6. The van der Waals surface area contributed by atoms with E-state index in [9.17, 15) is 4.79 Å². The zero-order valence-electron chi connectivity index (χ0n) is 12.8. The topological polar surface area (TPSA) is 38.8 Å². The van der Waals surface area contributed by atoms with E-state index in [0.717, 1.165) is 17.1 Å². The van der Waals surface area contributed by atoms with E-state index in [1.807, 2.05) is 55.5 Å². The van der Waals surface area contributed by atoms with Crippen LogP contribution < -0.4 is 9.47 Å². The SMILES string of the molecule is Cc1cccc(C(=O)N(C)CC2COc3ccccc3O2)c1. The van der Waals surface area contributed by atoms with Gasteiger partial charge in [0.25, 0.3) is 5.91 Å². The van der Waals surface area contributed by atoms with E-state index in [0.29, 0.717) is 18.7 Å². The van der Waals surface area contributed by atoms with Crippen LogP contribution in [-0.4, -0.2) is 37.1 Å². The van der Waals surface area contributed by atoms with Gasteiger partial charge in [0.05, 0.1) is 6.54 Å².